The first-order chi connectivity index (χ1) is 9.96. The van der Waals surface area contributed by atoms with E-state index in [-0.39, 0.29) is 22.6 Å². The van der Waals surface area contributed by atoms with Crippen molar-refractivity contribution in [3.05, 3.63) is 57.6 Å². The molecule has 0 unspecified atom stereocenters. The van der Waals surface area contributed by atoms with Crippen LogP contribution < -0.4 is 9.47 Å². The zero-order valence-electron chi connectivity index (χ0n) is 11.2. The first kappa shape index (κ1) is 15.4. The molecule has 6 heteroatoms. The third kappa shape index (κ3) is 3.21. The van der Waals surface area contributed by atoms with Gasteiger partial charge < -0.3 is 9.47 Å². The normalized spacial score (nSPS) is 10.3. The molecular weight excluding hydrogens is 346 g/mol. The van der Waals surface area contributed by atoms with Crippen LogP contribution in [0.5, 0.6) is 11.5 Å². The maximum Gasteiger partial charge on any atom is 0.196 e. The summed E-state index contributed by atoms with van der Waals surface area (Å²) in [6, 6.07) is 5.96. The molecule has 0 heterocycles. The lowest BCUT2D eigenvalue weighted by molar-refractivity contribution is 0.103. The number of hydrogen-bond donors (Lipinski definition) is 0. The monoisotopic (exact) mass is 356 g/mol. The summed E-state index contributed by atoms with van der Waals surface area (Å²) >= 11 is 3.09. The van der Waals surface area contributed by atoms with Crippen molar-refractivity contribution >= 4 is 21.7 Å². The molecule has 0 fully saturated rings. The fourth-order valence-corrected chi connectivity index (χ4v) is 2.33. The summed E-state index contributed by atoms with van der Waals surface area (Å²) in [5.41, 5.74) is -0.182. The summed E-state index contributed by atoms with van der Waals surface area (Å²) in [6.07, 6.45) is 0. The van der Waals surface area contributed by atoms with E-state index < -0.39 is 17.4 Å². The smallest absolute Gasteiger partial charge is 0.196 e. The van der Waals surface area contributed by atoms with Crippen LogP contribution in [0.3, 0.4) is 0 Å². The van der Waals surface area contributed by atoms with Gasteiger partial charge in [0.2, 0.25) is 0 Å². The van der Waals surface area contributed by atoms with E-state index in [4.69, 9.17) is 9.47 Å². The minimum Gasteiger partial charge on any atom is -0.493 e. The molecule has 2 aromatic rings. The van der Waals surface area contributed by atoms with Crippen LogP contribution in [-0.4, -0.2) is 20.0 Å². The molecule has 2 aromatic carbocycles. The van der Waals surface area contributed by atoms with Crippen molar-refractivity contribution in [2.24, 2.45) is 0 Å². The van der Waals surface area contributed by atoms with E-state index in [1.54, 1.807) is 0 Å². The Bertz CT molecular complexity index is 681. The Labute approximate surface area is 128 Å². The minimum atomic E-state index is -0.766. The van der Waals surface area contributed by atoms with Crippen molar-refractivity contribution in [2.45, 2.75) is 0 Å². The standard InChI is InChI=1S/C15H11BrF2O3/c1-20-13-6-11(12(18)7-14(13)21-2)15(19)8-3-9(16)5-10(17)4-8/h3-7H,1-2H3. The number of benzene rings is 2. The predicted molar refractivity (Wildman–Crippen MR) is 77.0 cm³/mol. The molecule has 0 bridgehead atoms. The van der Waals surface area contributed by atoms with Gasteiger partial charge in [0.05, 0.1) is 19.8 Å². The van der Waals surface area contributed by atoms with Gasteiger partial charge in [0.15, 0.2) is 17.3 Å². The fourth-order valence-electron chi connectivity index (χ4n) is 1.87. The highest BCUT2D eigenvalue weighted by atomic mass is 79.9. The quantitative estimate of drug-likeness (QED) is 0.777. The van der Waals surface area contributed by atoms with Crippen molar-refractivity contribution in [3.8, 4) is 11.5 Å². The number of rotatable bonds is 4. The van der Waals surface area contributed by atoms with E-state index in [0.29, 0.717) is 4.47 Å². The number of methoxy groups -OCH3 is 2. The summed E-state index contributed by atoms with van der Waals surface area (Å²) < 4.78 is 37.8. The molecule has 2 rings (SSSR count). The van der Waals surface area contributed by atoms with Crippen LogP contribution in [0, 0.1) is 11.6 Å². The molecule has 0 saturated carbocycles. The van der Waals surface area contributed by atoms with E-state index in [0.717, 1.165) is 12.1 Å². The van der Waals surface area contributed by atoms with Crippen molar-refractivity contribution in [2.75, 3.05) is 14.2 Å². The maximum absolute atomic E-state index is 14.0. The highest BCUT2D eigenvalue weighted by Crippen LogP contribution is 2.31. The molecule has 0 aliphatic rings. The van der Waals surface area contributed by atoms with Gasteiger partial charge >= 0.3 is 0 Å². The molecule has 110 valence electrons. The molecule has 0 N–H and O–H groups in total. The van der Waals surface area contributed by atoms with Crippen molar-refractivity contribution in [3.63, 3.8) is 0 Å². The summed E-state index contributed by atoms with van der Waals surface area (Å²) in [5.74, 6) is -1.61. The summed E-state index contributed by atoms with van der Waals surface area (Å²) in [4.78, 5) is 12.3. The van der Waals surface area contributed by atoms with Crippen LogP contribution in [0.25, 0.3) is 0 Å². The second kappa shape index (κ2) is 6.22. The molecule has 0 amide bonds. The molecule has 0 spiro atoms. The Hall–Kier alpha value is -1.95. The average molecular weight is 357 g/mol. The number of ether oxygens (including phenoxy) is 2. The Kier molecular flexibility index (Phi) is 4.57. The molecular formula is C15H11BrF2O3. The molecule has 0 aliphatic heterocycles. The number of ketones is 1. The topological polar surface area (TPSA) is 35.5 Å². The van der Waals surface area contributed by atoms with Crippen LogP contribution in [0.4, 0.5) is 8.78 Å². The number of hydrogen-bond acceptors (Lipinski definition) is 3. The molecule has 0 radical (unpaired) electrons. The summed E-state index contributed by atoms with van der Waals surface area (Å²) in [5, 5.41) is 0. The molecule has 0 saturated heterocycles. The zero-order chi connectivity index (χ0) is 15.6. The highest BCUT2D eigenvalue weighted by molar-refractivity contribution is 9.10. The lowest BCUT2D eigenvalue weighted by Crippen LogP contribution is -2.06. The summed E-state index contributed by atoms with van der Waals surface area (Å²) in [7, 11) is 2.74. The van der Waals surface area contributed by atoms with Crippen LogP contribution in [-0.2, 0) is 0 Å². The Balaban J connectivity index is 2.52. The van der Waals surface area contributed by atoms with Gasteiger partial charge in [-0.05, 0) is 24.3 Å². The van der Waals surface area contributed by atoms with Gasteiger partial charge in [0.1, 0.15) is 11.6 Å². The Morgan fingerprint density at radius 1 is 1.00 bits per heavy atom. The first-order valence-corrected chi connectivity index (χ1v) is 6.68. The molecule has 0 aliphatic carbocycles. The van der Waals surface area contributed by atoms with E-state index in [1.165, 1.54) is 32.4 Å². The second-order valence-electron chi connectivity index (χ2n) is 4.17. The largest absolute Gasteiger partial charge is 0.493 e. The first-order valence-electron chi connectivity index (χ1n) is 5.88. The SMILES string of the molecule is COc1cc(F)c(C(=O)c2cc(F)cc(Br)c2)cc1OC. The van der Waals surface area contributed by atoms with Crippen molar-refractivity contribution in [1.29, 1.82) is 0 Å². The zero-order valence-corrected chi connectivity index (χ0v) is 12.8. The molecule has 21 heavy (non-hydrogen) atoms. The lowest BCUT2D eigenvalue weighted by Gasteiger charge is -2.10. The molecule has 0 atom stereocenters. The Morgan fingerprint density at radius 2 is 1.62 bits per heavy atom. The number of carbonyl (C=O) groups excluding carboxylic acids is 1. The van der Waals surface area contributed by atoms with Gasteiger partial charge in [0.25, 0.3) is 0 Å². The number of carbonyl (C=O) groups is 1. The van der Waals surface area contributed by atoms with Gasteiger partial charge in [-0.3, -0.25) is 4.79 Å². The van der Waals surface area contributed by atoms with E-state index >= 15 is 0 Å². The highest BCUT2D eigenvalue weighted by Gasteiger charge is 2.19. The lowest BCUT2D eigenvalue weighted by atomic mass is 10.0. The van der Waals surface area contributed by atoms with Crippen LogP contribution in [0.1, 0.15) is 15.9 Å². The van der Waals surface area contributed by atoms with E-state index in [9.17, 15) is 13.6 Å². The van der Waals surface area contributed by atoms with Gasteiger partial charge in [-0.2, -0.15) is 0 Å². The van der Waals surface area contributed by atoms with Crippen LogP contribution in [0.15, 0.2) is 34.8 Å². The van der Waals surface area contributed by atoms with Crippen LogP contribution >= 0.6 is 15.9 Å². The van der Waals surface area contributed by atoms with Gasteiger partial charge in [-0.1, -0.05) is 15.9 Å². The fraction of sp³-hybridized carbons (Fsp3) is 0.133. The average Bonchev–Trinajstić information content (AvgIpc) is 2.45. The predicted octanol–water partition coefficient (Wildman–Crippen LogP) is 3.98. The molecule has 3 nitrogen and oxygen atoms in total. The van der Waals surface area contributed by atoms with Gasteiger partial charge in [0, 0.05) is 16.1 Å². The van der Waals surface area contributed by atoms with Crippen molar-refractivity contribution < 1.29 is 23.0 Å². The second-order valence-corrected chi connectivity index (χ2v) is 5.09. The van der Waals surface area contributed by atoms with E-state index in [1.807, 2.05) is 0 Å². The number of halogens is 3. The van der Waals surface area contributed by atoms with Crippen LogP contribution in [0.2, 0.25) is 0 Å². The minimum absolute atomic E-state index is 0.0352. The maximum atomic E-state index is 14.0. The van der Waals surface area contributed by atoms with Gasteiger partial charge in [-0.15, -0.1) is 0 Å². The third-order valence-corrected chi connectivity index (χ3v) is 3.30. The van der Waals surface area contributed by atoms with Gasteiger partial charge in [-0.25, -0.2) is 8.78 Å². The summed E-state index contributed by atoms with van der Waals surface area (Å²) in [6.45, 7) is 0. The van der Waals surface area contributed by atoms with E-state index in [2.05, 4.69) is 15.9 Å². The Morgan fingerprint density at radius 3 is 2.19 bits per heavy atom. The third-order valence-electron chi connectivity index (χ3n) is 2.84. The molecule has 0 aromatic heterocycles. The van der Waals surface area contributed by atoms with Crippen molar-refractivity contribution in [1.82, 2.24) is 0 Å².